The van der Waals surface area contributed by atoms with E-state index in [1.54, 1.807) is 13.8 Å². The van der Waals surface area contributed by atoms with Crippen molar-refractivity contribution in [3.05, 3.63) is 0 Å². The van der Waals surface area contributed by atoms with E-state index in [-0.39, 0.29) is 11.7 Å². The fraction of sp³-hybridized carbons (Fsp3) is 0.880. The largest absolute Gasteiger partial charge is 0.465 e. The number of rotatable bonds is 15. The second-order valence-electron chi connectivity index (χ2n) is 9.72. The summed E-state index contributed by atoms with van der Waals surface area (Å²) in [4.78, 5) is 36.1. The molecule has 0 radical (unpaired) electrons. The Labute approximate surface area is 178 Å². The zero-order valence-corrected chi connectivity index (χ0v) is 19.6. The summed E-state index contributed by atoms with van der Waals surface area (Å²) < 4.78 is 4.92. The van der Waals surface area contributed by atoms with Crippen molar-refractivity contribution in [2.45, 2.75) is 112 Å². The van der Waals surface area contributed by atoms with E-state index in [1.807, 2.05) is 0 Å². The van der Waals surface area contributed by atoms with Crippen molar-refractivity contribution in [1.29, 1.82) is 0 Å². The molecule has 0 amide bonds. The SMILES string of the molecule is CCCCC(C)(C)CCC[C@H]1CCC(=O)[C@@H]1CCCCC(=O)C(C)C(=O)OCC. The first-order chi connectivity index (χ1) is 13.7. The maximum atomic E-state index is 12.4. The number of unbranched alkanes of at least 4 members (excludes halogenated alkanes) is 2. The van der Waals surface area contributed by atoms with Crippen molar-refractivity contribution < 1.29 is 19.1 Å². The smallest absolute Gasteiger partial charge is 0.316 e. The number of hydrogen-bond donors (Lipinski definition) is 0. The van der Waals surface area contributed by atoms with Crippen LogP contribution in [-0.2, 0) is 19.1 Å². The Balaban J connectivity index is 2.33. The number of Topliss-reactive ketones (excluding diaryl/α,β-unsaturated/α-hetero) is 2. The number of ether oxygens (including phenoxy) is 1. The number of esters is 1. The molecule has 0 aromatic heterocycles. The minimum Gasteiger partial charge on any atom is -0.465 e. The molecule has 0 heterocycles. The van der Waals surface area contributed by atoms with Gasteiger partial charge in [-0.05, 0) is 63.7 Å². The molecule has 0 spiro atoms. The lowest BCUT2D eigenvalue weighted by Gasteiger charge is -2.26. The van der Waals surface area contributed by atoms with Crippen LogP contribution in [0.5, 0.6) is 0 Å². The van der Waals surface area contributed by atoms with Crippen molar-refractivity contribution in [1.82, 2.24) is 0 Å². The van der Waals surface area contributed by atoms with Crippen LogP contribution >= 0.6 is 0 Å². The summed E-state index contributed by atoms with van der Waals surface area (Å²) in [5.41, 5.74) is 0.407. The van der Waals surface area contributed by atoms with Crippen LogP contribution in [0.2, 0.25) is 0 Å². The summed E-state index contributed by atoms with van der Waals surface area (Å²) >= 11 is 0. The van der Waals surface area contributed by atoms with E-state index in [2.05, 4.69) is 20.8 Å². The molecule has 0 aromatic carbocycles. The topological polar surface area (TPSA) is 60.4 Å². The van der Waals surface area contributed by atoms with E-state index < -0.39 is 11.9 Å². The molecule has 0 N–H and O–H groups in total. The highest BCUT2D eigenvalue weighted by molar-refractivity contribution is 5.98. The molecule has 3 atom stereocenters. The summed E-state index contributed by atoms with van der Waals surface area (Å²) in [6.45, 7) is 10.7. The second kappa shape index (κ2) is 13.2. The quantitative estimate of drug-likeness (QED) is 0.181. The maximum Gasteiger partial charge on any atom is 0.316 e. The molecule has 1 rings (SSSR count). The van der Waals surface area contributed by atoms with Crippen molar-refractivity contribution in [3.8, 4) is 0 Å². The molecule has 4 heteroatoms. The fourth-order valence-electron chi connectivity index (χ4n) is 4.62. The van der Waals surface area contributed by atoms with E-state index >= 15 is 0 Å². The van der Waals surface area contributed by atoms with Crippen molar-refractivity contribution >= 4 is 17.5 Å². The third-order valence-corrected chi connectivity index (χ3v) is 6.69. The molecule has 1 aliphatic carbocycles. The Bertz CT molecular complexity index is 523. The first kappa shape index (κ1) is 25.8. The van der Waals surface area contributed by atoms with Crippen LogP contribution in [0.3, 0.4) is 0 Å². The molecule has 1 saturated carbocycles. The van der Waals surface area contributed by atoms with Gasteiger partial charge in [0.2, 0.25) is 0 Å². The van der Waals surface area contributed by atoms with Gasteiger partial charge < -0.3 is 4.74 Å². The molecule has 0 aliphatic heterocycles. The van der Waals surface area contributed by atoms with Crippen LogP contribution in [0.4, 0.5) is 0 Å². The van der Waals surface area contributed by atoms with Crippen LogP contribution in [0, 0.1) is 23.2 Å². The normalized spacial score (nSPS) is 20.7. The number of carbonyl (C=O) groups excluding carboxylic acids is 3. The first-order valence-corrected chi connectivity index (χ1v) is 11.9. The maximum absolute atomic E-state index is 12.4. The molecule has 0 aromatic rings. The van der Waals surface area contributed by atoms with Crippen LogP contribution in [0.1, 0.15) is 112 Å². The average molecular weight is 409 g/mol. The monoisotopic (exact) mass is 408 g/mol. The molecule has 168 valence electrons. The van der Waals surface area contributed by atoms with Crippen LogP contribution in [0.25, 0.3) is 0 Å². The zero-order chi connectivity index (χ0) is 21.9. The average Bonchev–Trinajstić information content (AvgIpc) is 3.02. The van der Waals surface area contributed by atoms with Gasteiger partial charge in [-0.1, -0.05) is 46.5 Å². The van der Waals surface area contributed by atoms with Gasteiger partial charge in [-0.15, -0.1) is 0 Å². The lowest BCUT2D eigenvalue weighted by atomic mass is 9.79. The summed E-state index contributed by atoms with van der Waals surface area (Å²) in [5.74, 6) is -0.0132. The zero-order valence-electron chi connectivity index (χ0n) is 19.6. The van der Waals surface area contributed by atoms with Crippen LogP contribution in [0.15, 0.2) is 0 Å². The van der Waals surface area contributed by atoms with E-state index in [0.717, 1.165) is 38.5 Å². The van der Waals surface area contributed by atoms with Crippen molar-refractivity contribution in [2.75, 3.05) is 6.61 Å². The van der Waals surface area contributed by atoms with Gasteiger partial charge in [-0.25, -0.2) is 0 Å². The molecule has 0 bridgehead atoms. The third-order valence-electron chi connectivity index (χ3n) is 6.69. The van der Waals surface area contributed by atoms with Crippen molar-refractivity contribution in [2.24, 2.45) is 23.2 Å². The van der Waals surface area contributed by atoms with Gasteiger partial charge in [-0.3, -0.25) is 14.4 Å². The second-order valence-corrected chi connectivity index (χ2v) is 9.72. The Hall–Kier alpha value is -1.19. The number of carbonyl (C=O) groups is 3. The Morgan fingerprint density at radius 2 is 1.76 bits per heavy atom. The predicted octanol–water partition coefficient (Wildman–Crippen LogP) is 6.30. The van der Waals surface area contributed by atoms with E-state index in [1.165, 1.54) is 32.1 Å². The molecular weight excluding hydrogens is 364 g/mol. The fourth-order valence-corrected chi connectivity index (χ4v) is 4.62. The summed E-state index contributed by atoms with van der Waals surface area (Å²) in [6.07, 6.45) is 12.1. The summed E-state index contributed by atoms with van der Waals surface area (Å²) in [6, 6.07) is 0. The van der Waals surface area contributed by atoms with Gasteiger partial charge in [0.25, 0.3) is 0 Å². The molecule has 1 fully saturated rings. The van der Waals surface area contributed by atoms with Gasteiger partial charge in [0.15, 0.2) is 0 Å². The molecular formula is C25H44O4. The molecule has 29 heavy (non-hydrogen) atoms. The lowest BCUT2D eigenvalue weighted by Crippen LogP contribution is -2.23. The van der Waals surface area contributed by atoms with E-state index in [4.69, 9.17) is 4.74 Å². The number of ketones is 2. The number of hydrogen-bond acceptors (Lipinski definition) is 4. The van der Waals surface area contributed by atoms with Gasteiger partial charge in [0.1, 0.15) is 17.5 Å². The predicted molar refractivity (Wildman–Crippen MR) is 118 cm³/mol. The molecule has 1 aliphatic rings. The standard InChI is InChI=1S/C25H44O4/c1-6-8-17-25(4,5)18-11-12-20-15-16-23(27)21(20)13-9-10-14-22(26)19(3)24(28)29-7-2/h19-21H,6-18H2,1-5H3/t19?,20-,21+/m0/s1. The lowest BCUT2D eigenvalue weighted by molar-refractivity contribution is -0.150. The third kappa shape index (κ3) is 9.44. The highest BCUT2D eigenvalue weighted by Crippen LogP contribution is 2.38. The highest BCUT2D eigenvalue weighted by atomic mass is 16.5. The van der Waals surface area contributed by atoms with E-state index in [0.29, 0.717) is 30.1 Å². The summed E-state index contributed by atoms with van der Waals surface area (Å²) in [7, 11) is 0. The Morgan fingerprint density at radius 1 is 1.07 bits per heavy atom. The van der Waals surface area contributed by atoms with Crippen LogP contribution < -0.4 is 0 Å². The van der Waals surface area contributed by atoms with Gasteiger partial charge in [0, 0.05) is 18.8 Å². The van der Waals surface area contributed by atoms with Gasteiger partial charge in [0.05, 0.1) is 6.61 Å². The Morgan fingerprint density at radius 3 is 2.41 bits per heavy atom. The van der Waals surface area contributed by atoms with Crippen molar-refractivity contribution in [3.63, 3.8) is 0 Å². The minimum atomic E-state index is -0.674. The molecule has 4 nitrogen and oxygen atoms in total. The minimum absolute atomic E-state index is 0.0490. The van der Waals surface area contributed by atoms with Gasteiger partial charge in [-0.2, -0.15) is 0 Å². The van der Waals surface area contributed by atoms with Gasteiger partial charge >= 0.3 is 5.97 Å². The van der Waals surface area contributed by atoms with E-state index in [9.17, 15) is 14.4 Å². The molecule has 0 saturated heterocycles. The first-order valence-electron chi connectivity index (χ1n) is 11.9. The summed E-state index contributed by atoms with van der Waals surface area (Å²) in [5, 5.41) is 0. The molecule has 1 unspecified atom stereocenters. The Kier molecular flexibility index (Phi) is 11.7. The highest BCUT2D eigenvalue weighted by Gasteiger charge is 2.34. The van der Waals surface area contributed by atoms with Crippen LogP contribution in [-0.4, -0.2) is 24.1 Å².